The number of likely N-dealkylation sites (N-methyl/N-ethyl adjacent to an activating group) is 1. The van der Waals surface area contributed by atoms with Gasteiger partial charge in [-0.15, -0.1) is 0 Å². The lowest BCUT2D eigenvalue weighted by atomic mass is 10.2. The number of carbonyl (C=O) groups excluding carboxylic acids is 1. The van der Waals surface area contributed by atoms with E-state index < -0.39 is 0 Å². The molecule has 1 aliphatic rings. The summed E-state index contributed by atoms with van der Waals surface area (Å²) in [6.07, 6.45) is 4.98. The Hall–Kier alpha value is -2.47. The summed E-state index contributed by atoms with van der Waals surface area (Å²) in [5.74, 6) is 0.800. The first-order chi connectivity index (χ1) is 13.2. The number of benzene rings is 1. The van der Waals surface area contributed by atoms with Crippen LogP contribution in [0.5, 0.6) is 5.75 Å². The molecule has 2 aromatic rings. The van der Waals surface area contributed by atoms with Crippen LogP contribution < -0.4 is 10.1 Å². The maximum atomic E-state index is 12.7. The fourth-order valence-electron chi connectivity index (χ4n) is 3.74. The van der Waals surface area contributed by atoms with Crippen molar-refractivity contribution < 1.29 is 9.53 Å². The Balaban J connectivity index is 1.70. The molecule has 2 heterocycles. The summed E-state index contributed by atoms with van der Waals surface area (Å²) in [5, 5.41) is 3.05. The van der Waals surface area contributed by atoms with Crippen molar-refractivity contribution in [3.05, 3.63) is 42.7 Å². The number of anilines is 1. The molecule has 1 atom stereocenters. The highest BCUT2D eigenvalue weighted by Gasteiger charge is 2.29. The minimum Gasteiger partial charge on any atom is -0.492 e. The maximum Gasteiger partial charge on any atom is 0.321 e. The fourth-order valence-corrected chi connectivity index (χ4v) is 3.74. The van der Waals surface area contributed by atoms with Crippen LogP contribution in [0.4, 0.5) is 10.5 Å². The van der Waals surface area contributed by atoms with Gasteiger partial charge in [0.15, 0.2) is 0 Å². The molecule has 1 aliphatic heterocycles. The maximum absolute atomic E-state index is 12.7. The number of urea groups is 1. The number of rotatable bonds is 7. The van der Waals surface area contributed by atoms with Crippen molar-refractivity contribution in [2.45, 2.75) is 33.2 Å². The summed E-state index contributed by atoms with van der Waals surface area (Å²) >= 11 is 0. The van der Waals surface area contributed by atoms with Gasteiger partial charge < -0.3 is 19.5 Å². The Morgan fingerprint density at radius 1 is 1.22 bits per heavy atom. The average Bonchev–Trinajstić information content (AvgIpc) is 3.36. The second kappa shape index (κ2) is 8.95. The molecule has 3 rings (SSSR count). The third kappa shape index (κ3) is 4.45. The van der Waals surface area contributed by atoms with Crippen LogP contribution in [0, 0.1) is 0 Å². The van der Waals surface area contributed by atoms with Gasteiger partial charge in [0.1, 0.15) is 5.75 Å². The third-order valence-corrected chi connectivity index (χ3v) is 5.17. The van der Waals surface area contributed by atoms with E-state index >= 15 is 0 Å². The molecule has 6 heteroatoms. The van der Waals surface area contributed by atoms with E-state index in [0.29, 0.717) is 12.6 Å². The molecule has 2 amide bonds. The standard InChI is InChI=1S/C21H30N4O2/c1-4-23(5-2)18-11-14-25(16-18)21(26)22-17-9-10-20(27-6-3)19(15-17)24-12-7-8-13-24/h7-10,12-13,15,18H,4-6,11,14,16H2,1-3H3,(H,22,26)/t18-/m1/s1. The zero-order valence-corrected chi connectivity index (χ0v) is 16.5. The molecule has 1 fully saturated rings. The second-order valence-electron chi connectivity index (χ2n) is 6.75. The second-order valence-corrected chi connectivity index (χ2v) is 6.75. The topological polar surface area (TPSA) is 49.7 Å². The van der Waals surface area contributed by atoms with Gasteiger partial charge in [0.05, 0.1) is 12.3 Å². The van der Waals surface area contributed by atoms with Crippen molar-refractivity contribution >= 4 is 11.7 Å². The molecule has 1 N–H and O–H groups in total. The zero-order valence-electron chi connectivity index (χ0n) is 16.5. The van der Waals surface area contributed by atoms with Crippen LogP contribution in [-0.2, 0) is 0 Å². The molecule has 146 valence electrons. The summed E-state index contributed by atoms with van der Waals surface area (Å²) in [4.78, 5) is 17.1. The minimum absolute atomic E-state index is 0.0349. The first kappa shape index (κ1) is 19.3. The van der Waals surface area contributed by atoms with Gasteiger partial charge in [0, 0.05) is 37.2 Å². The highest BCUT2D eigenvalue weighted by molar-refractivity contribution is 5.90. The molecule has 0 radical (unpaired) electrons. The lowest BCUT2D eigenvalue weighted by Crippen LogP contribution is -2.39. The number of likely N-dealkylation sites (tertiary alicyclic amines) is 1. The average molecular weight is 370 g/mol. The van der Waals surface area contributed by atoms with Crippen molar-refractivity contribution in [2.75, 3.05) is 38.1 Å². The molecular formula is C21H30N4O2. The van der Waals surface area contributed by atoms with Gasteiger partial charge in [-0.25, -0.2) is 4.79 Å². The van der Waals surface area contributed by atoms with Gasteiger partial charge in [0.25, 0.3) is 0 Å². The smallest absolute Gasteiger partial charge is 0.321 e. The van der Waals surface area contributed by atoms with Gasteiger partial charge in [-0.2, -0.15) is 0 Å². The molecule has 0 bridgehead atoms. The SMILES string of the molecule is CCOc1ccc(NC(=O)N2CC[C@@H](N(CC)CC)C2)cc1-n1cccc1. The Bertz CT molecular complexity index is 741. The summed E-state index contributed by atoms with van der Waals surface area (Å²) in [6, 6.07) is 10.1. The van der Waals surface area contributed by atoms with Gasteiger partial charge in [-0.05, 0) is 56.8 Å². The van der Waals surface area contributed by atoms with E-state index in [4.69, 9.17) is 4.74 Å². The molecule has 1 saturated heterocycles. The first-order valence-corrected chi connectivity index (χ1v) is 9.86. The molecule has 0 unspecified atom stereocenters. The predicted molar refractivity (Wildman–Crippen MR) is 109 cm³/mol. The predicted octanol–water partition coefficient (Wildman–Crippen LogP) is 3.82. The third-order valence-electron chi connectivity index (χ3n) is 5.17. The van der Waals surface area contributed by atoms with Crippen molar-refractivity contribution in [3.8, 4) is 11.4 Å². The van der Waals surface area contributed by atoms with Crippen LogP contribution in [-0.4, -0.2) is 59.2 Å². The van der Waals surface area contributed by atoms with Crippen LogP contribution in [0.3, 0.4) is 0 Å². The zero-order chi connectivity index (χ0) is 19.2. The lowest BCUT2D eigenvalue weighted by Gasteiger charge is -2.26. The molecule has 0 saturated carbocycles. The van der Waals surface area contributed by atoms with Gasteiger partial charge in [-0.1, -0.05) is 13.8 Å². The Kier molecular flexibility index (Phi) is 6.40. The summed E-state index contributed by atoms with van der Waals surface area (Å²) < 4.78 is 7.73. The molecular weight excluding hydrogens is 340 g/mol. The van der Waals surface area contributed by atoms with Gasteiger partial charge in [0.2, 0.25) is 0 Å². The van der Waals surface area contributed by atoms with E-state index in [9.17, 15) is 4.79 Å². The van der Waals surface area contributed by atoms with E-state index in [1.807, 2.05) is 59.1 Å². The molecule has 1 aromatic heterocycles. The lowest BCUT2D eigenvalue weighted by molar-refractivity contribution is 0.202. The van der Waals surface area contributed by atoms with Crippen LogP contribution in [0.25, 0.3) is 5.69 Å². The van der Waals surface area contributed by atoms with E-state index in [1.54, 1.807) is 0 Å². The van der Waals surface area contributed by atoms with Crippen molar-refractivity contribution in [3.63, 3.8) is 0 Å². The van der Waals surface area contributed by atoms with Gasteiger partial charge >= 0.3 is 6.03 Å². The number of ether oxygens (including phenoxy) is 1. The van der Waals surface area contributed by atoms with Crippen LogP contribution in [0.2, 0.25) is 0 Å². The van der Waals surface area contributed by atoms with Crippen LogP contribution in [0.1, 0.15) is 27.2 Å². The van der Waals surface area contributed by atoms with Crippen molar-refractivity contribution in [1.82, 2.24) is 14.4 Å². The highest BCUT2D eigenvalue weighted by atomic mass is 16.5. The fraction of sp³-hybridized carbons (Fsp3) is 0.476. The Morgan fingerprint density at radius 2 is 1.96 bits per heavy atom. The van der Waals surface area contributed by atoms with E-state index in [1.165, 1.54) is 0 Å². The molecule has 0 aliphatic carbocycles. The van der Waals surface area contributed by atoms with Crippen LogP contribution in [0.15, 0.2) is 42.7 Å². The number of carbonyl (C=O) groups is 1. The number of nitrogens with one attached hydrogen (secondary N) is 1. The number of amides is 2. The number of hydrogen-bond donors (Lipinski definition) is 1. The van der Waals surface area contributed by atoms with E-state index in [0.717, 1.165) is 49.7 Å². The summed E-state index contributed by atoms with van der Waals surface area (Å²) in [5.41, 5.74) is 1.69. The van der Waals surface area contributed by atoms with E-state index in [2.05, 4.69) is 24.1 Å². The quantitative estimate of drug-likeness (QED) is 0.806. The Labute approximate surface area is 161 Å². The number of aromatic nitrogens is 1. The minimum atomic E-state index is -0.0349. The first-order valence-electron chi connectivity index (χ1n) is 9.86. The summed E-state index contributed by atoms with van der Waals surface area (Å²) in [6.45, 7) is 10.5. The molecule has 0 spiro atoms. The van der Waals surface area contributed by atoms with Gasteiger partial charge in [-0.3, -0.25) is 4.90 Å². The van der Waals surface area contributed by atoms with Crippen molar-refractivity contribution in [2.24, 2.45) is 0 Å². The normalized spacial score (nSPS) is 16.7. The number of hydrogen-bond acceptors (Lipinski definition) is 3. The van der Waals surface area contributed by atoms with E-state index in [-0.39, 0.29) is 6.03 Å². The summed E-state index contributed by atoms with van der Waals surface area (Å²) in [7, 11) is 0. The molecule has 6 nitrogen and oxygen atoms in total. The molecule has 27 heavy (non-hydrogen) atoms. The van der Waals surface area contributed by atoms with Crippen molar-refractivity contribution in [1.29, 1.82) is 0 Å². The monoisotopic (exact) mass is 370 g/mol. The largest absolute Gasteiger partial charge is 0.492 e. The Morgan fingerprint density at radius 3 is 2.63 bits per heavy atom. The number of nitrogens with zero attached hydrogens (tertiary/aromatic N) is 3. The van der Waals surface area contributed by atoms with Crippen LogP contribution >= 0.6 is 0 Å². The molecule has 1 aromatic carbocycles. The highest BCUT2D eigenvalue weighted by Crippen LogP contribution is 2.27.